The summed E-state index contributed by atoms with van der Waals surface area (Å²) in [6.45, 7) is 0. The zero-order valence-electron chi connectivity index (χ0n) is 4.70. The summed E-state index contributed by atoms with van der Waals surface area (Å²) in [5.74, 6) is 0. The van der Waals surface area contributed by atoms with Crippen molar-refractivity contribution in [2.75, 3.05) is 0 Å². The van der Waals surface area contributed by atoms with Gasteiger partial charge in [-0.05, 0) is 0 Å². The van der Waals surface area contributed by atoms with Crippen LogP contribution in [0.3, 0.4) is 0 Å². The molecule has 0 fully saturated rings. The van der Waals surface area contributed by atoms with Gasteiger partial charge in [-0.15, -0.1) is 0 Å². The number of hydrogen-bond donors (Lipinski definition) is 3. The lowest BCUT2D eigenvalue weighted by atomic mass is 11.3. The fourth-order valence-electron chi connectivity index (χ4n) is 0.155. The highest BCUT2D eigenvalue weighted by molar-refractivity contribution is 7.93. The van der Waals surface area contributed by atoms with E-state index < -0.39 is 20.7 Å². The lowest BCUT2D eigenvalue weighted by molar-refractivity contribution is -0.248. The highest BCUT2D eigenvalue weighted by Crippen LogP contribution is 2.29. The quantitative estimate of drug-likeness (QED) is 0.444. The number of rotatable bonds is 1. The third-order valence-electron chi connectivity index (χ3n) is 0.665. The molecule has 0 rings (SSSR count). The molecule has 0 unspecified atom stereocenters. The Labute approximate surface area is 58.6 Å². The van der Waals surface area contributed by atoms with E-state index in [1.807, 2.05) is 0 Å². The topological polar surface area (TPSA) is 94.8 Å². The minimum atomic E-state index is -6.35. The largest absolute Gasteiger partial charge is 0.505 e. The van der Waals surface area contributed by atoms with Gasteiger partial charge in [-0.1, -0.05) is 0 Å². The molecular formula is C2H3F3O5S. The van der Waals surface area contributed by atoms with E-state index in [2.05, 4.69) is 0 Å². The Morgan fingerprint density at radius 3 is 1.27 bits per heavy atom. The minimum Gasteiger partial charge on any atom is -0.331 e. The Balaban J connectivity index is 5.11. The second kappa shape index (κ2) is 2.30. The Kier molecular flexibility index (Phi) is 2.22. The maximum atomic E-state index is 11.3. The van der Waals surface area contributed by atoms with Crippen molar-refractivity contribution in [3.8, 4) is 0 Å². The van der Waals surface area contributed by atoms with Crippen molar-refractivity contribution in [1.82, 2.24) is 0 Å². The summed E-state index contributed by atoms with van der Waals surface area (Å²) < 4.78 is 53.4. The SMILES string of the molecule is O=S(=O)(C(O)(O)O)C(F)(F)F. The normalized spacial score (nSPS) is 15.1. The third kappa shape index (κ3) is 1.80. The van der Waals surface area contributed by atoms with Crippen molar-refractivity contribution in [3.63, 3.8) is 0 Å². The lowest BCUT2D eigenvalue weighted by Gasteiger charge is -2.15. The fraction of sp³-hybridized carbons (Fsp3) is 1.00. The molecule has 0 saturated carbocycles. The molecule has 9 heteroatoms. The van der Waals surface area contributed by atoms with Crippen LogP contribution < -0.4 is 0 Å². The summed E-state index contributed by atoms with van der Waals surface area (Å²) in [6.07, 6.45) is 0. The Morgan fingerprint density at radius 2 is 1.27 bits per heavy atom. The summed E-state index contributed by atoms with van der Waals surface area (Å²) in [4.78, 5) is 0. The molecule has 0 heterocycles. The van der Waals surface area contributed by atoms with Crippen LogP contribution in [-0.4, -0.2) is 34.6 Å². The lowest BCUT2D eigenvalue weighted by Crippen LogP contribution is -2.45. The van der Waals surface area contributed by atoms with E-state index in [0.29, 0.717) is 0 Å². The van der Waals surface area contributed by atoms with E-state index in [1.165, 1.54) is 0 Å². The van der Waals surface area contributed by atoms with Crippen LogP contribution >= 0.6 is 0 Å². The van der Waals surface area contributed by atoms with E-state index in [-0.39, 0.29) is 0 Å². The van der Waals surface area contributed by atoms with Crippen LogP contribution in [0.25, 0.3) is 0 Å². The number of halogens is 3. The van der Waals surface area contributed by atoms with Gasteiger partial charge in [-0.25, -0.2) is 8.42 Å². The molecule has 0 aromatic rings. The highest BCUT2D eigenvalue weighted by atomic mass is 32.2. The zero-order valence-corrected chi connectivity index (χ0v) is 5.52. The molecule has 3 N–H and O–H groups in total. The Bertz CT molecular complexity index is 211. The molecule has 0 aromatic heterocycles. The molecule has 0 radical (unpaired) electrons. The summed E-state index contributed by atoms with van der Waals surface area (Å²) in [5, 5.41) is 18.3. The smallest absolute Gasteiger partial charge is 0.331 e. The molecule has 0 spiro atoms. The van der Waals surface area contributed by atoms with E-state index in [4.69, 9.17) is 15.3 Å². The monoisotopic (exact) mass is 196 g/mol. The van der Waals surface area contributed by atoms with E-state index in [9.17, 15) is 21.6 Å². The van der Waals surface area contributed by atoms with Crippen LogP contribution in [-0.2, 0) is 9.84 Å². The Morgan fingerprint density at radius 1 is 1.00 bits per heavy atom. The van der Waals surface area contributed by atoms with Gasteiger partial charge >= 0.3 is 20.7 Å². The van der Waals surface area contributed by atoms with Crippen LogP contribution in [0.5, 0.6) is 0 Å². The predicted octanol–water partition coefficient (Wildman–Crippen LogP) is -1.49. The maximum absolute atomic E-state index is 11.3. The standard InChI is InChI=1S/C2H3F3O5S/c3-1(4,5)11(9,10)2(6,7)8/h6-8H. The van der Waals surface area contributed by atoms with Crippen molar-refractivity contribution in [2.24, 2.45) is 0 Å². The first kappa shape index (κ1) is 10.6. The van der Waals surface area contributed by atoms with Gasteiger partial charge in [-0.2, -0.15) is 13.2 Å². The first-order valence-electron chi connectivity index (χ1n) is 1.98. The van der Waals surface area contributed by atoms with Gasteiger partial charge in [0.25, 0.3) is 0 Å². The first-order valence-corrected chi connectivity index (χ1v) is 3.46. The number of aliphatic hydroxyl groups is 3. The van der Waals surface area contributed by atoms with Crippen LogP contribution in [0.4, 0.5) is 13.2 Å². The molecule has 68 valence electrons. The minimum absolute atomic E-state index is 4.77. The van der Waals surface area contributed by atoms with Crippen LogP contribution in [0, 0.1) is 0 Å². The summed E-state index contributed by atoms with van der Waals surface area (Å²) in [5.41, 5.74) is -5.90. The molecule has 0 aliphatic heterocycles. The van der Waals surface area contributed by atoms with Gasteiger partial charge in [0.05, 0.1) is 0 Å². The van der Waals surface area contributed by atoms with E-state index in [0.717, 1.165) is 0 Å². The van der Waals surface area contributed by atoms with Crippen molar-refractivity contribution in [1.29, 1.82) is 0 Å². The summed E-state index contributed by atoms with van der Waals surface area (Å²) >= 11 is 0. The predicted molar refractivity (Wildman–Crippen MR) is 24.4 cm³/mol. The van der Waals surface area contributed by atoms with Gasteiger partial charge in [0, 0.05) is 0 Å². The van der Waals surface area contributed by atoms with Crippen molar-refractivity contribution >= 4 is 9.84 Å². The first-order chi connectivity index (χ1) is 4.50. The molecule has 0 amide bonds. The molecular weight excluding hydrogens is 193 g/mol. The van der Waals surface area contributed by atoms with Gasteiger partial charge in [0.2, 0.25) is 0 Å². The molecule has 11 heavy (non-hydrogen) atoms. The molecule has 0 bridgehead atoms. The van der Waals surface area contributed by atoms with Crippen molar-refractivity contribution < 1.29 is 36.9 Å². The van der Waals surface area contributed by atoms with Crippen LogP contribution in [0.1, 0.15) is 0 Å². The van der Waals surface area contributed by atoms with Gasteiger partial charge < -0.3 is 15.3 Å². The zero-order chi connectivity index (χ0) is 9.50. The van der Waals surface area contributed by atoms with Crippen LogP contribution in [0.15, 0.2) is 0 Å². The van der Waals surface area contributed by atoms with E-state index in [1.54, 1.807) is 0 Å². The highest BCUT2D eigenvalue weighted by Gasteiger charge is 2.58. The van der Waals surface area contributed by atoms with Crippen molar-refractivity contribution in [3.05, 3.63) is 0 Å². The third-order valence-corrected chi connectivity index (χ3v) is 2.00. The molecule has 0 aliphatic carbocycles. The van der Waals surface area contributed by atoms with Gasteiger partial charge in [0.15, 0.2) is 0 Å². The molecule has 0 saturated heterocycles. The molecule has 0 aliphatic rings. The average molecular weight is 196 g/mol. The van der Waals surface area contributed by atoms with Gasteiger partial charge in [-0.3, -0.25) is 0 Å². The van der Waals surface area contributed by atoms with Crippen molar-refractivity contribution in [2.45, 2.75) is 10.8 Å². The second-order valence-corrected chi connectivity index (χ2v) is 3.54. The number of sulfone groups is 1. The second-order valence-electron chi connectivity index (χ2n) is 1.52. The van der Waals surface area contributed by atoms with Crippen LogP contribution in [0.2, 0.25) is 0 Å². The average Bonchev–Trinajstić information content (AvgIpc) is 1.58. The molecule has 0 aromatic carbocycles. The molecule has 0 atom stereocenters. The number of alkyl halides is 3. The fourth-order valence-corrected chi connectivity index (χ4v) is 0.466. The van der Waals surface area contributed by atoms with Gasteiger partial charge in [0.1, 0.15) is 0 Å². The Hall–Kier alpha value is -0.380. The van der Waals surface area contributed by atoms with E-state index >= 15 is 0 Å². The summed E-state index contributed by atoms with van der Waals surface area (Å²) in [7, 11) is -6.35. The number of hydrogen-bond acceptors (Lipinski definition) is 5. The summed E-state index contributed by atoms with van der Waals surface area (Å²) in [6, 6.07) is 0. The molecule has 5 nitrogen and oxygen atoms in total. The maximum Gasteiger partial charge on any atom is 0.505 e.